The van der Waals surface area contributed by atoms with Crippen LogP contribution in [0.4, 0.5) is 10.1 Å². The van der Waals surface area contributed by atoms with Crippen molar-refractivity contribution in [1.29, 1.82) is 0 Å². The van der Waals surface area contributed by atoms with Gasteiger partial charge in [0.25, 0.3) is 0 Å². The Kier molecular flexibility index (Phi) is 7.65. The van der Waals surface area contributed by atoms with Crippen molar-refractivity contribution in [2.45, 2.75) is 44.6 Å². The largest absolute Gasteiger partial charge is 0.369 e. The summed E-state index contributed by atoms with van der Waals surface area (Å²) in [5.41, 5.74) is 1.05. The van der Waals surface area contributed by atoms with Crippen LogP contribution in [0.25, 0.3) is 0 Å². The first-order chi connectivity index (χ1) is 13.6. The van der Waals surface area contributed by atoms with Crippen molar-refractivity contribution < 1.29 is 14.0 Å². The lowest BCUT2D eigenvalue weighted by Gasteiger charge is -2.36. The molecule has 1 heterocycles. The third-order valence-corrected chi connectivity index (χ3v) is 5.65. The van der Waals surface area contributed by atoms with E-state index in [9.17, 15) is 14.0 Å². The Morgan fingerprint density at radius 1 is 0.964 bits per heavy atom. The molecular formula is C21H31FN4O2. The summed E-state index contributed by atoms with van der Waals surface area (Å²) in [6.45, 7) is 5.08. The highest BCUT2D eigenvalue weighted by Gasteiger charge is 2.20. The Hall–Kier alpha value is -2.15. The quantitative estimate of drug-likeness (QED) is 0.575. The first-order valence-electron chi connectivity index (χ1n) is 10.4. The number of hydrogen-bond acceptors (Lipinski definition) is 4. The third-order valence-electron chi connectivity index (χ3n) is 5.65. The molecule has 28 heavy (non-hydrogen) atoms. The van der Waals surface area contributed by atoms with Crippen molar-refractivity contribution in [3.05, 3.63) is 30.1 Å². The maximum atomic E-state index is 13.0. The lowest BCUT2D eigenvalue weighted by atomic mass is 9.95. The van der Waals surface area contributed by atoms with Crippen molar-refractivity contribution in [3.63, 3.8) is 0 Å². The fourth-order valence-electron chi connectivity index (χ4n) is 3.96. The Labute approximate surface area is 166 Å². The van der Waals surface area contributed by atoms with Crippen LogP contribution in [0.1, 0.15) is 38.5 Å². The van der Waals surface area contributed by atoms with E-state index in [0.717, 1.165) is 70.5 Å². The number of rotatable bonds is 6. The number of nitrogens with one attached hydrogen (secondary N) is 2. The molecule has 1 aliphatic heterocycles. The molecule has 0 atom stereocenters. The average Bonchev–Trinajstić information content (AvgIpc) is 2.73. The Bertz CT molecular complexity index is 638. The number of carbonyl (C=O) groups is 2. The number of hydrogen-bond donors (Lipinski definition) is 2. The summed E-state index contributed by atoms with van der Waals surface area (Å²) in [6, 6.07) is 6.78. The second-order valence-corrected chi connectivity index (χ2v) is 7.72. The zero-order valence-corrected chi connectivity index (χ0v) is 16.5. The van der Waals surface area contributed by atoms with Gasteiger partial charge in [-0.1, -0.05) is 19.3 Å². The van der Waals surface area contributed by atoms with E-state index in [1.54, 1.807) is 0 Å². The summed E-state index contributed by atoms with van der Waals surface area (Å²) in [5, 5.41) is 5.57. The highest BCUT2D eigenvalue weighted by atomic mass is 19.1. The van der Waals surface area contributed by atoms with Gasteiger partial charge in [-0.25, -0.2) is 4.39 Å². The molecule has 154 valence electrons. The number of amides is 2. The number of piperazine rings is 1. The lowest BCUT2D eigenvalue weighted by molar-refractivity contribution is -0.139. The highest BCUT2D eigenvalue weighted by molar-refractivity contribution is 6.35. The average molecular weight is 391 g/mol. The van der Waals surface area contributed by atoms with Gasteiger partial charge in [0.2, 0.25) is 0 Å². The van der Waals surface area contributed by atoms with Gasteiger partial charge in [0.15, 0.2) is 0 Å². The SMILES string of the molecule is O=C(NCCCN1CCN(c2ccc(F)cc2)CC1)C(=O)NC1CCCCC1. The van der Waals surface area contributed by atoms with Crippen LogP contribution in [0.15, 0.2) is 24.3 Å². The molecule has 2 amide bonds. The van der Waals surface area contributed by atoms with Crippen LogP contribution in [0, 0.1) is 5.82 Å². The molecule has 0 unspecified atom stereocenters. The van der Waals surface area contributed by atoms with Crippen molar-refractivity contribution in [3.8, 4) is 0 Å². The Balaban J connectivity index is 1.28. The topological polar surface area (TPSA) is 64.7 Å². The van der Waals surface area contributed by atoms with Gasteiger partial charge in [-0.2, -0.15) is 0 Å². The minimum absolute atomic E-state index is 0.157. The van der Waals surface area contributed by atoms with Crippen LogP contribution in [0.5, 0.6) is 0 Å². The van der Waals surface area contributed by atoms with Gasteiger partial charge in [-0.3, -0.25) is 14.5 Å². The molecule has 2 N–H and O–H groups in total. The zero-order valence-electron chi connectivity index (χ0n) is 16.5. The highest BCUT2D eigenvalue weighted by Crippen LogP contribution is 2.18. The number of benzene rings is 1. The molecule has 7 heteroatoms. The minimum atomic E-state index is -0.522. The molecule has 0 radical (unpaired) electrons. The first kappa shape index (κ1) is 20.6. The van der Waals surface area contributed by atoms with E-state index in [0.29, 0.717) is 6.54 Å². The van der Waals surface area contributed by atoms with E-state index in [4.69, 9.17) is 0 Å². The van der Waals surface area contributed by atoms with Crippen LogP contribution in [-0.4, -0.2) is 62.0 Å². The van der Waals surface area contributed by atoms with Crippen molar-refractivity contribution >= 4 is 17.5 Å². The van der Waals surface area contributed by atoms with Gasteiger partial charge in [-0.15, -0.1) is 0 Å². The van der Waals surface area contributed by atoms with E-state index < -0.39 is 11.8 Å². The molecule has 3 rings (SSSR count). The van der Waals surface area contributed by atoms with Gasteiger partial charge < -0.3 is 15.5 Å². The molecular weight excluding hydrogens is 359 g/mol. The predicted octanol–water partition coefficient (Wildman–Crippen LogP) is 1.90. The van der Waals surface area contributed by atoms with E-state index in [1.807, 2.05) is 12.1 Å². The maximum Gasteiger partial charge on any atom is 0.309 e. The summed E-state index contributed by atoms with van der Waals surface area (Å²) in [6.07, 6.45) is 6.24. The molecule has 6 nitrogen and oxygen atoms in total. The van der Waals surface area contributed by atoms with E-state index in [-0.39, 0.29) is 11.9 Å². The molecule has 1 aromatic carbocycles. The standard InChI is InChI=1S/C21H31FN4O2/c22-17-7-9-19(10-8-17)26-15-13-25(14-16-26)12-4-11-23-20(27)21(28)24-18-5-2-1-3-6-18/h7-10,18H,1-6,11-16H2,(H,23,27)(H,24,28). The fourth-order valence-corrected chi connectivity index (χ4v) is 3.96. The van der Waals surface area contributed by atoms with Crippen LogP contribution < -0.4 is 15.5 Å². The smallest absolute Gasteiger partial charge is 0.309 e. The summed E-state index contributed by atoms with van der Waals surface area (Å²) in [5.74, 6) is -1.23. The summed E-state index contributed by atoms with van der Waals surface area (Å²) in [4.78, 5) is 28.5. The molecule has 0 bridgehead atoms. The molecule has 1 aromatic rings. The van der Waals surface area contributed by atoms with E-state index >= 15 is 0 Å². The van der Waals surface area contributed by atoms with Gasteiger partial charge >= 0.3 is 11.8 Å². The number of carbonyl (C=O) groups excluding carboxylic acids is 2. The molecule has 0 spiro atoms. The summed E-state index contributed by atoms with van der Waals surface area (Å²) in [7, 11) is 0. The van der Waals surface area contributed by atoms with Crippen LogP contribution in [0.3, 0.4) is 0 Å². The second-order valence-electron chi connectivity index (χ2n) is 7.72. The monoisotopic (exact) mass is 390 g/mol. The van der Waals surface area contributed by atoms with Crippen LogP contribution in [-0.2, 0) is 9.59 Å². The Morgan fingerprint density at radius 2 is 1.64 bits per heavy atom. The molecule has 1 saturated carbocycles. The van der Waals surface area contributed by atoms with Gasteiger partial charge in [-0.05, 0) is 50.1 Å². The molecule has 0 aromatic heterocycles. The number of halogens is 1. The minimum Gasteiger partial charge on any atom is -0.369 e. The maximum absolute atomic E-state index is 13.0. The van der Waals surface area contributed by atoms with E-state index in [1.165, 1.54) is 18.6 Å². The zero-order chi connectivity index (χ0) is 19.8. The third kappa shape index (κ3) is 6.19. The first-order valence-corrected chi connectivity index (χ1v) is 10.4. The number of anilines is 1. The van der Waals surface area contributed by atoms with Gasteiger partial charge in [0.1, 0.15) is 5.82 Å². The van der Waals surface area contributed by atoms with Gasteiger partial charge in [0, 0.05) is 44.5 Å². The summed E-state index contributed by atoms with van der Waals surface area (Å²) >= 11 is 0. The molecule has 1 saturated heterocycles. The lowest BCUT2D eigenvalue weighted by Crippen LogP contribution is -2.47. The molecule has 2 aliphatic rings. The predicted molar refractivity (Wildman–Crippen MR) is 108 cm³/mol. The normalized spacial score (nSPS) is 18.7. The van der Waals surface area contributed by atoms with Gasteiger partial charge in [0.05, 0.1) is 0 Å². The summed E-state index contributed by atoms with van der Waals surface area (Å²) < 4.78 is 13.0. The fraction of sp³-hybridized carbons (Fsp3) is 0.619. The molecule has 2 fully saturated rings. The van der Waals surface area contributed by atoms with Crippen molar-refractivity contribution in [2.24, 2.45) is 0 Å². The Morgan fingerprint density at radius 3 is 2.32 bits per heavy atom. The second kappa shape index (κ2) is 10.4. The molecule has 1 aliphatic carbocycles. The van der Waals surface area contributed by atoms with Crippen molar-refractivity contribution in [2.75, 3.05) is 44.2 Å². The van der Waals surface area contributed by atoms with Crippen LogP contribution >= 0.6 is 0 Å². The van der Waals surface area contributed by atoms with Crippen LogP contribution in [0.2, 0.25) is 0 Å². The van der Waals surface area contributed by atoms with E-state index in [2.05, 4.69) is 20.4 Å². The van der Waals surface area contributed by atoms with Crippen molar-refractivity contribution in [1.82, 2.24) is 15.5 Å². The number of nitrogens with zero attached hydrogens (tertiary/aromatic N) is 2.